The molecule has 106 valence electrons. The fraction of sp³-hybridized carbons (Fsp3) is 0.667. The van der Waals surface area contributed by atoms with Crippen LogP contribution in [0.2, 0.25) is 0 Å². The molecule has 1 aromatic heterocycles. The van der Waals surface area contributed by atoms with Crippen LogP contribution in [-0.2, 0) is 4.74 Å². The molecule has 1 aliphatic rings. The van der Waals surface area contributed by atoms with Gasteiger partial charge >= 0.3 is 6.01 Å². The van der Waals surface area contributed by atoms with Crippen LogP contribution in [0.1, 0.15) is 25.1 Å². The molecule has 0 aliphatic carbocycles. The number of hydrogen-bond donors (Lipinski definition) is 2. The Morgan fingerprint density at radius 1 is 1.68 bits per heavy atom. The third kappa shape index (κ3) is 2.78. The van der Waals surface area contributed by atoms with Crippen LogP contribution in [0, 0.1) is 6.92 Å². The predicted octanol–water partition coefficient (Wildman–Crippen LogP) is -0.442. The summed E-state index contributed by atoms with van der Waals surface area (Å²) in [5.74, 6) is 0. The lowest BCUT2D eigenvalue weighted by atomic mass is 10.2. The second-order valence-corrected chi connectivity index (χ2v) is 4.52. The molecule has 0 radical (unpaired) electrons. The van der Waals surface area contributed by atoms with E-state index in [-0.39, 0.29) is 18.1 Å². The summed E-state index contributed by atoms with van der Waals surface area (Å²) >= 11 is 0. The Bertz CT molecular complexity index is 502. The van der Waals surface area contributed by atoms with E-state index in [1.807, 2.05) is 6.92 Å². The summed E-state index contributed by atoms with van der Waals surface area (Å²) in [6.07, 6.45) is 0.586. The summed E-state index contributed by atoms with van der Waals surface area (Å²) in [6, 6.07) is 0.202. The van der Waals surface area contributed by atoms with Crippen molar-refractivity contribution in [3.8, 4) is 6.01 Å². The summed E-state index contributed by atoms with van der Waals surface area (Å²) in [7, 11) is 0. The van der Waals surface area contributed by atoms with Gasteiger partial charge in [-0.2, -0.15) is 4.98 Å². The first-order valence-electron chi connectivity index (χ1n) is 6.33. The van der Waals surface area contributed by atoms with Crippen molar-refractivity contribution >= 4 is 0 Å². The van der Waals surface area contributed by atoms with Crippen molar-refractivity contribution in [3.05, 3.63) is 22.1 Å². The fourth-order valence-electron chi connectivity index (χ4n) is 2.09. The van der Waals surface area contributed by atoms with E-state index in [2.05, 4.69) is 4.98 Å². The molecule has 0 amide bonds. The van der Waals surface area contributed by atoms with Crippen molar-refractivity contribution in [3.63, 3.8) is 0 Å². The Morgan fingerprint density at radius 2 is 2.42 bits per heavy atom. The molecule has 3 atom stereocenters. The number of nitrogens with two attached hydrogens (primary N) is 1. The molecule has 2 heterocycles. The van der Waals surface area contributed by atoms with Gasteiger partial charge in [0.2, 0.25) is 0 Å². The molecule has 19 heavy (non-hydrogen) atoms. The van der Waals surface area contributed by atoms with Gasteiger partial charge in [-0.3, -0.25) is 9.36 Å². The first kappa shape index (κ1) is 14.0. The van der Waals surface area contributed by atoms with E-state index in [9.17, 15) is 9.90 Å². The van der Waals surface area contributed by atoms with E-state index in [1.165, 1.54) is 0 Å². The van der Waals surface area contributed by atoms with Crippen LogP contribution in [0.15, 0.2) is 11.0 Å². The van der Waals surface area contributed by atoms with E-state index in [1.54, 1.807) is 17.7 Å². The van der Waals surface area contributed by atoms with E-state index >= 15 is 0 Å². The van der Waals surface area contributed by atoms with Gasteiger partial charge in [0.05, 0.1) is 18.8 Å². The van der Waals surface area contributed by atoms with Gasteiger partial charge in [-0.05, 0) is 13.8 Å². The minimum absolute atomic E-state index is 0.202. The van der Waals surface area contributed by atoms with E-state index < -0.39 is 18.4 Å². The molecule has 7 heteroatoms. The van der Waals surface area contributed by atoms with Crippen molar-refractivity contribution < 1.29 is 14.6 Å². The predicted molar refractivity (Wildman–Crippen MR) is 68.0 cm³/mol. The van der Waals surface area contributed by atoms with Crippen molar-refractivity contribution in [2.24, 2.45) is 5.73 Å². The van der Waals surface area contributed by atoms with Gasteiger partial charge in [0.15, 0.2) is 0 Å². The number of ether oxygens (including phenoxy) is 2. The lowest BCUT2D eigenvalue weighted by Gasteiger charge is -2.19. The average molecular weight is 269 g/mol. The number of aliphatic hydroxyl groups is 1. The molecule has 3 N–H and O–H groups in total. The van der Waals surface area contributed by atoms with Gasteiger partial charge in [0.25, 0.3) is 5.56 Å². The molecule has 1 saturated heterocycles. The maximum atomic E-state index is 11.6. The van der Waals surface area contributed by atoms with Crippen molar-refractivity contribution in [1.82, 2.24) is 9.55 Å². The number of aryl methyl sites for hydroxylation is 1. The smallest absolute Gasteiger partial charge is 0.301 e. The number of aromatic nitrogens is 2. The highest BCUT2D eigenvalue weighted by molar-refractivity contribution is 5.10. The minimum Gasteiger partial charge on any atom is -0.465 e. The van der Waals surface area contributed by atoms with Crippen molar-refractivity contribution in [1.29, 1.82) is 0 Å². The Labute approximate surface area is 111 Å². The Hall–Kier alpha value is -1.44. The third-order valence-corrected chi connectivity index (χ3v) is 3.11. The average Bonchev–Trinajstić information content (AvgIpc) is 2.75. The SMILES string of the molecule is CCOc1nc(=O)c(C)cn1[C@H]1C[C@H](O)[C@@H](CN)O1. The van der Waals surface area contributed by atoms with Gasteiger partial charge in [0.1, 0.15) is 6.23 Å². The molecule has 0 unspecified atom stereocenters. The minimum atomic E-state index is -0.621. The zero-order valence-electron chi connectivity index (χ0n) is 11.1. The quantitative estimate of drug-likeness (QED) is 0.768. The van der Waals surface area contributed by atoms with E-state index in [0.717, 1.165) is 0 Å². The molecule has 0 aromatic carbocycles. The van der Waals surface area contributed by atoms with E-state index in [4.69, 9.17) is 15.2 Å². The first-order chi connectivity index (χ1) is 9.06. The summed E-state index contributed by atoms with van der Waals surface area (Å²) in [5.41, 5.74) is 5.70. The van der Waals surface area contributed by atoms with Gasteiger partial charge in [-0.15, -0.1) is 0 Å². The zero-order valence-corrected chi connectivity index (χ0v) is 11.1. The molecule has 1 aromatic rings. The number of rotatable bonds is 4. The maximum absolute atomic E-state index is 11.6. The van der Waals surface area contributed by atoms with Crippen LogP contribution < -0.4 is 16.0 Å². The highest BCUT2D eigenvalue weighted by atomic mass is 16.5. The largest absolute Gasteiger partial charge is 0.465 e. The first-order valence-corrected chi connectivity index (χ1v) is 6.33. The molecular formula is C12H19N3O4. The molecule has 0 saturated carbocycles. The Kier molecular flexibility index (Phi) is 4.18. The highest BCUT2D eigenvalue weighted by Gasteiger charge is 2.35. The second-order valence-electron chi connectivity index (χ2n) is 4.52. The monoisotopic (exact) mass is 269 g/mol. The molecule has 1 aliphatic heterocycles. The summed E-state index contributed by atoms with van der Waals surface area (Å²) in [5, 5.41) is 9.82. The standard InChI is InChI=1S/C12H19N3O4/c1-3-18-12-14-11(17)7(2)6-15(12)10-4-8(16)9(5-13)19-10/h6,8-10,16H,3-5,13H2,1-2H3/t8-,9+,10+/m0/s1. The summed E-state index contributed by atoms with van der Waals surface area (Å²) in [6.45, 7) is 4.12. The second kappa shape index (κ2) is 5.68. The lowest BCUT2D eigenvalue weighted by Crippen LogP contribution is -2.29. The van der Waals surface area contributed by atoms with Crippen LogP contribution >= 0.6 is 0 Å². The molecule has 0 bridgehead atoms. The van der Waals surface area contributed by atoms with E-state index in [0.29, 0.717) is 18.6 Å². The van der Waals surface area contributed by atoms with Crippen molar-refractivity contribution in [2.75, 3.05) is 13.2 Å². The van der Waals surface area contributed by atoms with Crippen LogP contribution in [0.3, 0.4) is 0 Å². The molecule has 1 fully saturated rings. The van der Waals surface area contributed by atoms with Crippen LogP contribution in [0.5, 0.6) is 6.01 Å². The zero-order chi connectivity index (χ0) is 14.0. The van der Waals surface area contributed by atoms with Crippen LogP contribution in [0.25, 0.3) is 0 Å². The number of aliphatic hydroxyl groups excluding tert-OH is 1. The molecule has 2 rings (SSSR count). The molecule has 7 nitrogen and oxygen atoms in total. The normalized spacial score (nSPS) is 26.6. The number of nitrogens with zero attached hydrogens (tertiary/aromatic N) is 2. The topological polar surface area (TPSA) is 99.6 Å². The Morgan fingerprint density at radius 3 is 3.00 bits per heavy atom. The van der Waals surface area contributed by atoms with Gasteiger partial charge in [-0.25, -0.2) is 0 Å². The maximum Gasteiger partial charge on any atom is 0.301 e. The number of hydrogen-bond acceptors (Lipinski definition) is 6. The summed E-state index contributed by atoms with van der Waals surface area (Å²) < 4.78 is 12.6. The molecular weight excluding hydrogens is 250 g/mol. The van der Waals surface area contributed by atoms with Gasteiger partial charge in [-0.1, -0.05) is 0 Å². The Balaban J connectivity index is 2.33. The van der Waals surface area contributed by atoms with Gasteiger partial charge < -0.3 is 20.3 Å². The van der Waals surface area contributed by atoms with Crippen LogP contribution in [0.4, 0.5) is 0 Å². The summed E-state index contributed by atoms with van der Waals surface area (Å²) in [4.78, 5) is 15.4. The molecule has 0 spiro atoms. The van der Waals surface area contributed by atoms with Crippen LogP contribution in [-0.4, -0.2) is 40.0 Å². The third-order valence-electron chi connectivity index (χ3n) is 3.11. The lowest BCUT2D eigenvalue weighted by molar-refractivity contribution is -0.0174. The fourth-order valence-corrected chi connectivity index (χ4v) is 2.09. The highest BCUT2D eigenvalue weighted by Crippen LogP contribution is 2.30. The van der Waals surface area contributed by atoms with Gasteiger partial charge in [0, 0.05) is 24.7 Å². The van der Waals surface area contributed by atoms with Crippen molar-refractivity contribution in [2.45, 2.75) is 38.7 Å².